The minimum atomic E-state index is -2.74. The highest BCUT2D eigenvalue weighted by molar-refractivity contribution is 6.99. The molecule has 314 valence electrons. The predicted octanol–water partition coefficient (Wildman–Crippen LogP) is 9.80. The van der Waals surface area contributed by atoms with Crippen LogP contribution in [0.25, 0.3) is 0 Å². The van der Waals surface area contributed by atoms with E-state index < -0.39 is 22.4 Å². The second kappa shape index (κ2) is 19.0. The van der Waals surface area contributed by atoms with Gasteiger partial charge >= 0.3 is 0 Å². The molecule has 0 spiro atoms. The first-order valence-corrected chi connectivity index (χ1v) is 25.7. The van der Waals surface area contributed by atoms with Crippen molar-refractivity contribution >= 4 is 32.9 Å². The molecule has 4 rings (SSSR count). The first-order valence-electron chi connectivity index (χ1n) is 20.9. The maximum absolute atomic E-state index is 13.4. The van der Waals surface area contributed by atoms with E-state index in [0.717, 1.165) is 24.0 Å². The van der Waals surface area contributed by atoms with Crippen molar-refractivity contribution in [3.63, 3.8) is 0 Å². The number of hydrogen-bond acceptors (Lipinski definition) is 6. The highest BCUT2D eigenvalue weighted by Gasteiger charge is 2.51. The van der Waals surface area contributed by atoms with Gasteiger partial charge in [-0.15, -0.1) is 0 Å². The molecule has 0 radical (unpaired) electrons. The molecule has 0 aromatic heterocycles. The summed E-state index contributed by atoms with van der Waals surface area (Å²) in [4.78, 5) is 13.4. The van der Waals surface area contributed by atoms with Crippen molar-refractivity contribution < 1.29 is 27.9 Å². The van der Waals surface area contributed by atoms with Crippen LogP contribution in [0.3, 0.4) is 0 Å². The van der Waals surface area contributed by atoms with Gasteiger partial charge in [0.25, 0.3) is 8.32 Å². The first kappa shape index (κ1) is 46.8. The van der Waals surface area contributed by atoms with E-state index in [2.05, 4.69) is 154 Å². The number of allylic oxidation sites excluding steroid dienone is 2. The van der Waals surface area contributed by atoms with Crippen LogP contribution in [0.5, 0.6) is 0 Å². The number of carbonyl (C=O) groups excluding carboxylic acids is 1. The summed E-state index contributed by atoms with van der Waals surface area (Å²) in [6.45, 7) is 32.9. The highest BCUT2D eigenvalue weighted by atomic mass is 28.4. The lowest BCUT2D eigenvalue weighted by Gasteiger charge is -2.47. The Morgan fingerprint density at radius 3 is 2.09 bits per heavy atom. The fraction of sp³-hybridized carbons (Fsp3) is 0.562. The molecule has 2 aliphatic rings. The SMILES string of the molecule is C=C1C[C@@](C)(OC)O[C@H](/C=C/C(C)=C/C[C@@H]2O[C@H](C)[C@H](NC(=O)/C=C\[C@H](C)O[Si](c3ccccc3)(c3ccccc3)C(C)(C)C)C[C@@H]2C)[C@H]1O[Si](C)(C)C(C)(C)C. The fourth-order valence-electron chi connectivity index (χ4n) is 7.83. The fourth-order valence-corrected chi connectivity index (χ4v) is 13.8. The predicted molar refractivity (Wildman–Crippen MR) is 241 cm³/mol. The lowest BCUT2D eigenvalue weighted by atomic mass is 9.88. The summed E-state index contributed by atoms with van der Waals surface area (Å²) in [6, 6.07) is 21.1. The molecule has 9 heteroatoms. The Morgan fingerprint density at radius 2 is 1.56 bits per heavy atom. The number of methoxy groups -OCH3 is 1. The third-order valence-corrected chi connectivity index (χ3v) is 21.9. The Morgan fingerprint density at radius 1 is 0.982 bits per heavy atom. The molecule has 2 heterocycles. The van der Waals surface area contributed by atoms with Crippen LogP contribution in [0.2, 0.25) is 23.2 Å². The number of amides is 1. The van der Waals surface area contributed by atoms with Crippen molar-refractivity contribution in [1.82, 2.24) is 5.32 Å². The van der Waals surface area contributed by atoms with E-state index in [1.54, 1.807) is 13.2 Å². The van der Waals surface area contributed by atoms with E-state index in [1.807, 2.05) is 32.1 Å². The normalized spacial score (nSPS) is 27.5. The van der Waals surface area contributed by atoms with Crippen LogP contribution in [-0.2, 0) is 27.9 Å². The topological polar surface area (TPSA) is 75.2 Å². The molecule has 57 heavy (non-hydrogen) atoms. The average Bonchev–Trinajstić information content (AvgIpc) is 3.14. The van der Waals surface area contributed by atoms with Gasteiger partial charge in [-0.2, -0.15) is 0 Å². The van der Waals surface area contributed by atoms with Crippen LogP contribution in [-0.4, -0.2) is 72.0 Å². The summed E-state index contributed by atoms with van der Waals surface area (Å²) in [5, 5.41) is 5.57. The third-order valence-electron chi connectivity index (χ3n) is 12.4. The van der Waals surface area contributed by atoms with E-state index in [0.29, 0.717) is 6.42 Å². The van der Waals surface area contributed by atoms with Crippen molar-refractivity contribution in [2.24, 2.45) is 5.92 Å². The van der Waals surface area contributed by atoms with Gasteiger partial charge in [0, 0.05) is 19.6 Å². The quantitative estimate of drug-likeness (QED) is 0.0887. The average molecular weight is 816 g/mol. The maximum atomic E-state index is 13.4. The molecule has 7 nitrogen and oxygen atoms in total. The first-order chi connectivity index (χ1) is 26.5. The second-order valence-electron chi connectivity index (χ2n) is 19.2. The molecule has 2 aliphatic heterocycles. The van der Waals surface area contributed by atoms with Crippen molar-refractivity contribution in [2.45, 2.75) is 161 Å². The smallest absolute Gasteiger partial charge is 0.261 e. The summed E-state index contributed by atoms with van der Waals surface area (Å²) >= 11 is 0. The molecule has 2 aromatic rings. The van der Waals surface area contributed by atoms with Gasteiger partial charge in [-0.3, -0.25) is 4.79 Å². The van der Waals surface area contributed by atoms with E-state index in [4.69, 9.17) is 23.1 Å². The molecule has 2 fully saturated rings. The van der Waals surface area contributed by atoms with Crippen molar-refractivity contribution in [3.05, 3.63) is 109 Å². The molecule has 1 N–H and O–H groups in total. The van der Waals surface area contributed by atoms with Gasteiger partial charge in [0.05, 0.1) is 30.5 Å². The van der Waals surface area contributed by atoms with Crippen molar-refractivity contribution in [2.75, 3.05) is 7.11 Å². The van der Waals surface area contributed by atoms with Gasteiger partial charge in [0.2, 0.25) is 5.91 Å². The maximum Gasteiger partial charge on any atom is 0.261 e. The van der Waals surface area contributed by atoms with E-state index >= 15 is 0 Å². The molecule has 2 saturated heterocycles. The highest BCUT2D eigenvalue weighted by Crippen LogP contribution is 2.42. The Labute approximate surface area is 347 Å². The molecular weight excluding hydrogens is 743 g/mol. The standard InChI is InChI=1S/C48H73NO6Si2/c1-34(27-30-43-45(55-56(14,15)46(6,7)8)36(3)33-48(12,51-13)53-43)26-29-42-35(2)32-41(38(5)52-42)49-44(50)31-28-37(4)54-57(47(9,10)11,39-22-18-16-19-23-39)40-24-20-17-21-25-40/h16-28,30-31,35,37-38,41-43,45H,3,29,32-33H2,1-2,4-15H3,(H,49,50)/b30-27+,31-28-,34-26+/t35-,37-,38+,41+,42-,43+,45-,48-/m0/s1. The third kappa shape index (κ3) is 11.7. The number of hydrogen-bond donors (Lipinski definition) is 1. The molecule has 0 saturated carbocycles. The van der Waals surface area contributed by atoms with Gasteiger partial charge in [-0.25, -0.2) is 0 Å². The van der Waals surface area contributed by atoms with E-state index in [1.165, 1.54) is 10.4 Å². The Kier molecular flexibility index (Phi) is 15.6. The Bertz CT molecular complexity index is 1690. The van der Waals surface area contributed by atoms with Crippen LogP contribution >= 0.6 is 0 Å². The second-order valence-corrected chi connectivity index (χ2v) is 28.2. The Balaban J connectivity index is 1.38. The summed E-state index contributed by atoms with van der Waals surface area (Å²) in [5.74, 6) is -0.625. The van der Waals surface area contributed by atoms with Crippen LogP contribution < -0.4 is 15.7 Å². The lowest BCUT2D eigenvalue weighted by molar-refractivity contribution is -0.251. The number of carbonyl (C=O) groups is 1. The summed E-state index contributed by atoms with van der Waals surface area (Å²) in [6.07, 6.45) is 11.3. The molecule has 0 bridgehead atoms. The van der Waals surface area contributed by atoms with Crippen molar-refractivity contribution in [1.29, 1.82) is 0 Å². The van der Waals surface area contributed by atoms with Crippen LogP contribution in [0, 0.1) is 5.92 Å². The van der Waals surface area contributed by atoms with Gasteiger partial charge < -0.3 is 28.4 Å². The monoisotopic (exact) mass is 815 g/mol. The molecule has 0 unspecified atom stereocenters. The molecule has 0 aliphatic carbocycles. The molecule has 2 aromatic carbocycles. The van der Waals surface area contributed by atoms with Gasteiger partial charge in [-0.05, 0) is 85.6 Å². The molecule has 1 amide bonds. The summed E-state index contributed by atoms with van der Waals surface area (Å²) < 4.78 is 32.8. The minimum absolute atomic E-state index is 0.0454. The Hall–Kier alpha value is -2.90. The van der Waals surface area contributed by atoms with Gasteiger partial charge in [-0.1, -0.05) is 146 Å². The zero-order chi connectivity index (χ0) is 42.4. The van der Waals surface area contributed by atoms with Crippen LogP contribution in [0.1, 0.15) is 95.4 Å². The zero-order valence-electron chi connectivity index (χ0n) is 37.5. The number of benzene rings is 2. The van der Waals surface area contributed by atoms with E-state index in [-0.39, 0.29) is 58.5 Å². The number of rotatable bonds is 14. The van der Waals surface area contributed by atoms with Gasteiger partial charge in [0.1, 0.15) is 6.10 Å². The minimum Gasteiger partial charge on any atom is -0.407 e. The van der Waals surface area contributed by atoms with Gasteiger partial charge in [0.15, 0.2) is 14.1 Å². The van der Waals surface area contributed by atoms with Crippen LogP contribution in [0.4, 0.5) is 0 Å². The lowest BCUT2D eigenvalue weighted by Crippen LogP contribution is -2.67. The van der Waals surface area contributed by atoms with E-state index in [9.17, 15) is 4.79 Å². The molecular formula is C48H73NO6Si2. The number of ether oxygens (including phenoxy) is 3. The van der Waals surface area contributed by atoms with Crippen LogP contribution in [0.15, 0.2) is 109 Å². The zero-order valence-corrected chi connectivity index (χ0v) is 39.5. The largest absolute Gasteiger partial charge is 0.407 e. The summed E-state index contributed by atoms with van der Waals surface area (Å²) in [5.41, 5.74) is 2.12. The van der Waals surface area contributed by atoms with Crippen molar-refractivity contribution in [3.8, 4) is 0 Å². The summed E-state index contributed by atoms with van der Waals surface area (Å²) in [7, 11) is -3.15. The molecule has 8 atom stereocenters. The number of nitrogens with one attached hydrogen (secondary N) is 1.